The van der Waals surface area contributed by atoms with Crippen molar-refractivity contribution in [2.24, 2.45) is 0 Å². The van der Waals surface area contributed by atoms with Gasteiger partial charge in [0.1, 0.15) is 17.7 Å². The predicted octanol–water partition coefficient (Wildman–Crippen LogP) is 2.49. The number of nitro groups is 1. The maximum atomic E-state index is 10.4. The molecule has 18 heavy (non-hydrogen) atoms. The SMILES string of the molecule is Cl.O=[N+]([O-])c1ccc(-c2ccc(O)cc2O)nc1. The highest BCUT2D eigenvalue weighted by molar-refractivity contribution is 5.85. The smallest absolute Gasteiger partial charge is 0.287 e. The van der Waals surface area contributed by atoms with E-state index in [4.69, 9.17) is 5.11 Å². The zero-order valence-corrected chi connectivity index (χ0v) is 9.79. The number of aromatic hydroxyl groups is 2. The number of phenols is 2. The van der Waals surface area contributed by atoms with Crippen molar-refractivity contribution in [3.63, 3.8) is 0 Å². The summed E-state index contributed by atoms with van der Waals surface area (Å²) in [5.41, 5.74) is 0.679. The van der Waals surface area contributed by atoms with Crippen LogP contribution < -0.4 is 0 Å². The Morgan fingerprint density at radius 3 is 2.39 bits per heavy atom. The molecule has 0 atom stereocenters. The van der Waals surface area contributed by atoms with E-state index in [9.17, 15) is 15.2 Å². The van der Waals surface area contributed by atoms with Crippen LogP contribution >= 0.6 is 12.4 Å². The van der Waals surface area contributed by atoms with Crippen LogP contribution in [0.15, 0.2) is 36.5 Å². The van der Waals surface area contributed by atoms with E-state index in [-0.39, 0.29) is 29.6 Å². The average Bonchev–Trinajstić information content (AvgIpc) is 2.29. The van der Waals surface area contributed by atoms with Gasteiger partial charge in [0.2, 0.25) is 0 Å². The number of phenolic OH excluding ortho intramolecular Hbond substituents is 2. The van der Waals surface area contributed by atoms with Crippen molar-refractivity contribution in [1.29, 1.82) is 0 Å². The molecule has 0 aliphatic heterocycles. The highest BCUT2D eigenvalue weighted by atomic mass is 35.5. The first-order valence-corrected chi connectivity index (χ1v) is 4.71. The van der Waals surface area contributed by atoms with Gasteiger partial charge in [-0.15, -0.1) is 12.4 Å². The lowest BCUT2D eigenvalue weighted by atomic mass is 10.1. The van der Waals surface area contributed by atoms with Crippen LogP contribution in [0.2, 0.25) is 0 Å². The highest BCUT2D eigenvalue weighted by Gasteiger charge is 2.09. The quantitative estimate of drug-likeness (QED) is 0.644. The molecule has 6 nitrogen and oxygen atoms in total. The number of benzene rings is 1. The Balaban J connectivity index is 0.00000162. The van der Waals surface area contributed by atoms with Crippen LogP contribution in [0.5, 0.6) is 11.5 Å². The second-order valence-corrected chi connectivity index (χ2v) is 3.36. The van der Waals surface area contributed by atoms with Gasteiger partial charge in [-0.05, 0) is 18.2 Å². The van der Waals surface area contributed by atoms with Gasteiger partial charge in [0.25, 0.3) is 5.69 Å². The van der Waals surface area contributed by atoms with E-state index in [0.29, 0.717) is 11.3 Å². The third-order valence-corrected chi connectivity index (χ3v) is 2.22. The molecular weight excluding hydrogens is 260 g/mol. The largest absolute Gasteiger partial charge is 0.508 e. The Morgan fingerprint density at radius 1 is 1.17 bits per heavy atom. The van der Waals surface area contributed by atoms with Crippen molar-refractivity contribution in [2.45, 2.75) is 0 Å². The van der Waals surface area contributed by atoms with Crippen LogP contribution in [0.4, 0.5) is 5.69 Å². The first-order valence-electron chi connectivity index (χ1n) is 4.71. The second-order valence-electron chi connectivity index (χ2n) is 3.36. The molecule has 0 radical (unpaired) electrons. The minimum atomic E-state index is -0.548. The van der Waals surface area contributed by atoms with Gasteiger partial charge in [-0.3, -0.25) is 10.1 Å². The molecule has 2 rings (SSSR count). The number of rotatable bonds is 2. The van der Waals surface area contributed by atoms with E-state index in [1.807, 2.05) is 0 Å². The van der Waals surface area contributed by atoms with Crippen LogP contribution in [-0.2, 0) is 0 Å². The summed E-state index contributed by atoms with van der Waals surface area (Å²) in [6.45, 7) is 0. The molecule has 1 aromatic carbocycles. The summed E-state index contributed by atoms with van der Waals surface area (Å²) in [6, 6.07) is 6.80. The second kappa shape index (κ2) is 5.33. The molecule has 1 aromatic heterocycles. The van der Waals surface area contributed by atoms with Crippen LogP contribution in [0.25, 0.3) is 11.3 Å². The summed E-state index contributed by atoms with van der Waals surface area (Å²) in [5, 5.41) is 29.2. The lowest BCUT2D eigenvalue weighted by molar-refractivity contribution is -0.385. The molecule has 94 valence electrons. The van der Waals surface area contributed by atoms with E-state index in [1.54, 1.807) is 0 Å². The molecule has 0 saturated heterocycles. The summed E-state index contributed by atoms with van der Waals surface area (Å²) in [5.74, 6) is -0.195. The van der Waals surface area contributed by atoms with E-state index in [2.05, 4.69) is 4.98 Å². The molecule has 2 N–H and O–H groups in total. The molecule has 0 spiro atoms. The Hall–Kier alpha value is -2.34. The summed E-state index contributed by atoms with van der Waals surface area (Å²) >= 11 is 0. The zero-order valence-electron chi connectivity index (χ0n) is 8.98. The normalized spacial score (nSPS) is 9.56. The Morgan fingerprint density at radius 2 is 1.89 bits per heavy atom. The summed E-state index contributed by atoms with van der Waals surface area (Å²) in [6.07, 6.45) is 1.11. The van der Waals surface area contributed by atoms with Crippen molar-refractivity contribution >= 4 is 18.1 Å². The summed E-state index contributed by atoms with van der Waals surface area (Å²) in [4.78, 5) is 13.8. The summed E-state index contributed by atoms with van der Waals surface area (Å²) in [7, 11) is 0. The van der Waals surface area contributed by atoms with Gasteiger partial charge in [-0.2, -0.15) is 0 Å². The zero-order chi connectivity index (χ0) is 12.4. The minimum absolute atomic E-state index is 0. The third-order valence-electron chi connectivity index (χ3n) is 2.22. The molecule has 2 aromatic rings. The predicted molar refractivity (Wildman–Crippen MR) is 66.9 cm³/mol. The maximum absolute atomic E-state index is 10.4. The highest BCUT2D eigenvalue weighted by Crippen LogP contribution is 2.31. The molecule has 7 heteroatoms. The minimum Gasteiger partial charge on any atom is -0.508 e. The van der Waals surface area contributed by atoms with Crippen LogP contribution in [0.3, 0.4) is 0 Å². The van der Waals surface area contributed by atoms with Crippen LogP contribution in [0, 0.1) is 10.1 Å². The molecule has 0 aliphatic rings. The van der Waals surface area contributed by atoms with E-state index < -0.39 is 4.92 Å². The van der Waals surface area contributed by atoms with Gasteiger partial charge >= 0.3 is 0 Å². The van der Waals surface area contributed by atoms with E-state index >= 15 is 0 Å². The van der Waals surface area contributed by atoms with Gasteiger partial charge in [0, 0.05) is 17.7 Å². The number of aromatic nitrogens is 1. The maximum Gasteiger partial charge on any atom is 0.287 e. The monoisotopic (exact) mass is 268 g/mol. The number of nitrogens with zero attached hydrogens (tertiary/aromatic N) is 2. The Bertz CT molecular complexity index is 572. The van der Waals surface area contributed by atoms with Crippen molar-refractivity contribution in [3.05, 3.63) is 46.6 Å². The van der Waals surface area contributed by atoms with Gasteiger partial charge in [0.15, 0.2) is 0 Å². The van der Waals surface area contributed by atoms with Gasteiger partial charge in [0.05, 0.1) is 10.6 Å². The fourth-order valence-corrected chi connectivity index (χ4v) is 1.39. The van der Waals surface area contributed by atoms with E-state index in [0.717, 1.165) is 6.20 Å². The first-order chi connectivity index (χ1) is 8.08. The molecular formula is C11H9ClN2O4. The number of halogens is 1. The molecule has 0 unspecified atom stereocenters. The number of pyridine rings is 1. The fraction of sp³-hybridized carbons (Fsp3) is 0. The van der Waals surface area contributed by atoms with Crippen LogP contribution in [0.1, 0.15) is 0 Å². The van der Waals surface area contributed by atoms with Crippen molar-refractivity contribution < 1.29 is 15.1 Å². The molecule has 0 aliphatic carbocycles. The number of hydrogen-bond donors (Lipinski definition) is 2. The topological polar surface area (TPSA) is 96.5 Å². The molecule has 0 amide bonds. The van der Waals surface area contributed by atoms with Gasteiger partial charge in [-0.1, -0.05) is 0 Å². The van der Waals surface area contributed by atoms with Crippen molar-refractivity contribution in [1.82, 2.24) is 4.98 Å². The van der Waals surface area contributed by atoms with Crippen molar-refractivity contribution in [2.75, 3.05) is 0 Å². The van der Waals surface area contributed by atoms with Crippen LogP contribution in [-0.4, -0.2) is 20.1 Å². The van der Waals surface area contributed by atoms with Gasteiger partial charge in [-0.25, -0.2) is 4.98 Å². The van der Waals surface area contributed by atoms with E-state index in [1.165, 1.54) is 30.3 Å². The molecule has 0 bridgehead atoms. The fourth-order valence-electron chi connectivity index (χ4n) is 1.39. The third kappa shape index (κ3) is 2.67. The molecule has 0 saturated carbocycles. The lowest BCUT2D eigenvalue weighted by Gasteiger charge is -2.03. The standard InChI is InChI=1S/C11H8N2O4.ClH/c14-8-2-3-9(11(15)5-8)10-4-1-7(6-12-10)13(16)17;/h1-6,14-15H;1H. The average molecular weight is 269 g/mol. The Kier molecular flexibility index (Phi) is 4.06. The van der Waals surface area contributed by atoms with Crippen molar-refractivity contribution in [3.8, 4) is 22.8 Å². The number of hydrogen-bond acceptors (Lipinski definition) is 5. The lowest BCUT2D eigenvalue weighted by Crippen LogP contribution is -1.90. The first kappa shape index (κ1) is 13.7. The van der Waals surface area contributed by atoms with Gasteiger partial charge < -0.3 is 10.2 Å². The summed E-state index contributed by atoms with van der Waals surface area (Å²) < 4.78 is 0. The molecule has 1 heterocycles. The molecule has 0 fully saturated rings. The Labute approximate surface area is 108 Å².